The van der Waals surface area contributed by atoms with Crippen molar-refractivity contribution in [2.75, 3.05) is 0 Å². The first-order chi connectivity index (χ1) is 11.0. The van der Waals surface area contributed by atoms with Crippen LogP contribution in [0.5, 0.6) is 0 Å². The molecule has 0 aliphatic carbocycles. The Morgan fingerprint density at radius 3 is 1.27 bits per heavy atom. The normalized spacial score (nSPS) is 11.7. The second-order valence-corrected chi connectivity index (χ2v) is 9.26. The van der Waals surface area contributed by atoms with Crippen LogP contribution in [0.2, 0.25) is 0 Å². The van der Waals surface area contributed by atoms with Gasteiger partial charge in [0.05, 0.1) is 0 Å². The number of hydrogen-bond donors (Lipinski definition) is 2. The zero-order chi connectivity index (χ0) is 18.1. The van der Waals surface area contributed by atoms with Gasteiger partial charge in [-0.1, -0.05) is 56.1 Å². The summed E-state index contributed by atoms with van der Waals surface area (Å²) in [6.45, 7) is 0. The van der Waals surface area contributed by atoms with Gasteiger partial charge < -0.3 is 0 Å². The number of benzene rings is 2. The summed E-state index contributed by atoms with van der Waals surface area (Å²) < 4.78 is 65.3. The number of halogens is 2. The fourth-order valence-electron chi connectivity index (χ4n) is 1.92. The first kappa shape index (κ1) is 28.2. The Labute approximate surface area is 253 Å². The van der Waals surface area contributed by atoms with E-state index in [9.17, 15) is 25.9 Å². The minimum atomic E-state index is -4.46. The summed E-state index contributed by atoms with van der Waals surface area (Å²) in [7, 11) is -8.92. The Morgan fingerprint density at radius 1 is 0.692 bits per heavy atom. The molecule has 0 spiro atoms. The summed E-state index contributed by atoms with van der Waals surface area (Å²) in [6.07, 6.45) is 2.65. The van der Waals surface area contributed by atoms with Crippen LogP contribution >= 0.6 is 31.9 Å². The third-order valence-corrected chi connectivity index (χ3v) is 5.75. The summed E-state index contributed by atoms with van der Waals surface area (Å²) in [5.41, 5.74) is 0.315. The third kappa shape index (κ3) is 8.16. The van der Waals surface area contributed by atoms with Gasteiger partial charge in [0, 0.05) is 112 Å². The molecule has 12 heteroatoms. The van der Waals surface area contributed by atoms with Gasteiger partial charge in [-0.3, -0.25) is 9.11 Å². The van der Waals surface area contributed by atoms with Crippen molar-refractivity contribution >= 4 is 167 Å². The quantitative estimate of drug-likeness (QED) is 0.329. The molecule has 0 saturated heterocycles. The van der Waals surface area contributed by atoms with E-state index in [4.69, 9.17) is 0 Å². The van der Waals surface area contributed by atoms with Gasteiger partial charge in [-0.25, -0.2) is 0 Å². The van der Waals surface area contributed by atoms with Gasteiger partial charge in [-0.05, 0) is 35.4 Å². The molecule has 0 aliphatic rings. The first-order valence-corrected chi connectivity index (χ1v) is 10.7. The van der Waals surface area contributed by atoms with Gasteiger partial charge in [0.25, 0.3) is 20.2 Å². The van der Waals surface area contributed by atoms with Crippen molar-refractivity contribution in [2.45, 2.75) is 9.79 Å². The van der Waals surface area contributed by atoms with E-state index in [-0.39, 0.29) is 124 Å². The van der Waals surface area contributed by atoms with Crippen LogP contribution in [0.25, 0.3) is 12.2 Å². The van der Waals surface area contributed by atoms with Gasteiger partial charge >= 0.3 is 0 Å². The van der Waals surface area contributed by atoms with Crippen LogP contribution in [-0.4, -0.2) is 129 Å². The standard InChI is InChI=1S/C14H10Br2O6S2.2K/c15-11-5-3-9(13(7-11)23(17,18)19)1-2-10-4-6-12(16)8-14(10)24(20,21)22;;/h1-8H,(H,17,18,19)(H,20,21,22);;. The molecule has 130 valence electrons. The van der Waals surface area contributed by atoms with E-state index in [2.05, 4.69) is 31.9 Å². The zero-order valence-electron chi connectivity index (χ0n) is 13.7. The Balaban J connectivity index is 0.00000312. The van der Waals surface area contributed by atoms with E-state index in [1.54, 1.807) is 12.1 Å². The fraction of sp³-hybridized carbons (Fsp3) is 0. The van der Waals surface area contributed by atoms with Crippen molar-refractivity contribution in [2.24, 2.45) is 0 Å². The predicted octanol–water partition coefficient (Wildman–Crippen LogP) is 3.11. The minimum Gasteiger partial charge on any atom is -0.282 e. The second kappa shape index (κ2) is 11.6. The Kier molecular flexibility index (Phi) is 12.6. The van der Waals surface area contributed by atoms with Crippen molar-refractivity contribution < 1.29 is 25.9 Å². The Bertz CT molecular complexity index is 954. The van der Waals surface area contributed by atoms with E-state index < -0.39 is 20.2 Å². The molecule has 2 aromatic rings. The van der Waals surface area contributed by atoms with E-state index in [0.29, 0.717) is 8.95 Å². The van der Waals surface area contributed by atoms with Crippen molar-refractivity contribution in [3.63, 3.8) is 0 Å². The van der Waals surface area contributed by atoms with Gasteiger partial charge in [-0.2, -0.15) is 16.8 Å². The van der Waals surface area contributed by atoms with Crippen LogP contribution in [0, 0.1) is 0 Å². The maximum absolute atomic E-state index is 11.4. The summed E-state index contributed by atoms with van der Waals surface area (Å²) in [5.74, 6) is 0. The molecular formula is C14H10Br2K2O6S2. The SMILES string of the molecule is O=S(=O)(O)c1cc(Br)ccc1C=Cc1ccc(Br)cc1S(=O)(=O)O.[K].[K]. The maximum Gasteiger partial charge on any atom is 0.295 e. The van der Waals surface area contributed by atoms with Crippen LogP contribution in [0.4, 0.5) is 0 Å². The second-order valence-electron chi connectivity index (χ2n) is 4.65. The van der Waals surface area contributed by atoms with Crippen LogP contribution < -0.4 is 0 Å². The van der Waals surface area contributed by atoms with E-state index >= 15 is 0 Å². The molecule has 0 unspecified atom stereocenters. The Hall–Kier alpha value is 2.23. The van der Waals surface area contributed by atoms with Crippen molar-refractivity contribution in [1.82, 2.24) is 0 Å². The average molecular weight is 576 g/mol. The average Bonchev–Trinajstić information content (AvgIpc) is 2.45. The van der Waals surface area contributed by atoms with E-state index in [0.717, 1.165) is 0 Å². The van der Waals surface area contributed by atoms with Crippen LogP contribution in [0.3, 0.4) is 0 Å². The van der Waals surface area contributed by atoms with Gasteiger partial charge in [0.1, 0.15) is 9.79 Å². The smallest absolute Gasteiger partial charge is 0.282 e. The molecule has 0 aromatic heterocycles. The van der Waals surface area contributed by atoms with E-state index in [1.807, 2.05) is 0 Å². The summed E-state index contributed by atoms with van der Waals surface area (Å²) >= 11 is 6.23. The molecule has 2 rings (SSSR count). The molecule has 0 atom stereocenters. The summed E-state index contributed by atoms with van der Waals surface area (Å²) in [5, 5.41) is 0. The molecule has 0 fully saturated rings. The minimum absolute atomic E-state index is 0. The van der Waals surface area contributed by atoms with Crippen molar-refractivity contribution in [3.8, 4) is 0 Å². The maximum atomic E-state index is 11.4. The Morgan fingerprint density at radius 2 is 1.00 bits per heavy atom. The monoisotopic (exact) mass is 574 g/mol. The molecule has 2 radical (unpaired) electrons. The zero-order valence-corrected chi connectivity index (χ0v) is 24.8. The third-order valence-electron chi connectivity index (χ3n) is 2.95. The molecule has 0 heterocycles. The van der Waals surface area contributed by atoms with Crippen molar-refractivity contribution in [3.05, 3.63) is 56.5 Å². The van der Waals surface area contributed by atoms with Gasteiger partial charge in [0.2, 0.25) is 0 Å². The molecule has 0 aliphatic heterocycles. The predicted molar refractivity (Wildman–Crippen MR) is 108 cm³/mol. The van der Waals surface area contributed by atoms with Gasteiger partial charge in [-0.15, -0.1) is 0 Å². The van der Waals surface area contributed by atoms with Crippen LogP contribution in [0.15, 0.2) is 55.1 Å². The molecule has 0 amide bonds. The molecule has 6 nitrogen and oxygen atoms in total. The largest absolute Gasteiger partial charge is 0.295 e. The summed E-state index contributed by atoms with van der Waals surface area (Å²) in [4.78, 5) is -0.669. The molecule has 26 heavy (non-hydrogen) atoms. The first-order valence-electron chi connectivity index (χ1n) is 6.20. The molecule has 0 bridgehead atoms. The molecular weight excluding hydrogens is 566 g/mol. The van der Waals surface area contributed by atoms with Crippen molar-refractivity contribution in [1.29, 1.82) is 0 Å². The topological polar surface area (TPSA) is 109 Å². The fourth-order valence-corrected chi connectivity index (χ4v) is 4.36. The molecule has 2 N–H and O–H groups in total. The van der Waals surface area contributed by atoms with E-state index in [1.165, 1.54) is 36.4 Å². The number of rotatable bonds is 4. The van der Waals surface area contributed by atoms with Crippen LogP contribution in [-0.2, 0) is 20.2 Å². The molecule has 0 saturated carbocycles. The summed E-state index contributed by atoms with van der Waals surface area (Å²) in [6, 6.07) is 8.46. The van der Waals surface area contributed by atoms with Crippen LogP contribution in [0.1, 0.15) is 11.1 Å². The number of hydrogen-bond acceptors (Lipinski definition) is 4. The molecule has 2 aromatic carbocycles. The van der Waals surface area contributed by atoms with Gasteiger partial charge in [0.15, 0.2) is 0 Å².